The van der Waals surface area contributed by atoms with Crippen LogP contribution < -0.4 is 10.9 Å². The van der Waals surface area contributed by atoms with Gasteiger partial charge in [-0.05, 0) is 44.7 Å². The SMILES string of the molecule is CN(C)C(=O)[C@H]1CCc2c(sc3ncnc(Nc4cc(Cl)c5n(c4=O)C(C)(C)CC5=O)c23)C1. The Bertz CT molecular complexity index is 1390. The molecule has 0 unspecified atom stereocenters. The number of aryl methyl sites for hydroxylation is 1. The standard InChI is InChI=1S/C23H24ClN5O3S/c1-23(2)9-15(30)18-13(24)8-14(22(32)29(18)23)27-19-17-12-6-5-11(21(31)28(3)4)7-16(12)33-20(17)26-10-25-19/h8,10-11H,5-7,9H2,1-4H3,(H,25,26,27)/t11-/m0/s1. The maximum absolute atomic E-state index is 13.3. The summed E-state index contributed by atoms with van der Waals surface area (Å²) in [6.07, 6.45) is 3.88. The van der Waals surface area contributed by atoms with E-state index in [1.54, 1.807) is 30.3 Å². The molecule has 0 aromatic carbocycles. The molecule has 0 fully saturated rings. The van der Waals surface area contributed by atoms with Crippen molar-refractivity contribution in [2.45, 2.75) is 45.1 Å². The minimum atomic E-state index is -0.651. The van der Waals surface area contributed by atoms with E-state index in [-0.39, 0.29) is 46.0 Å². The van der Waals surface area contributed by atoms with Crippen molar-refractivity contribution < 1.29 is 9.59 Å². The average molecular weight is 486 g/mol. The van der Waals surface area contributed by atoms with Crippen LogP contribution in [0, 0.1) is 5.92 Å². The summed E-state index contributed by atoms with van der Waals surface area (Å²) >= 11 is 8.00. The number of aromatic nitrogens is 3. The molecule has 10 heteroatoms. The first kappa shape index (κ1) is 22.0. The molecule has 1 aliphatic carbocycles. The molecule has 0 saturated carbocycles. The number of halogens is 1. The van der Waals surface area contributed by atoms with Crippen molar-refractivity contribution in [3.8, 4) is 0 Å². The molecule has 1 amide bonds. The van der Waals surface area contributed by atoms with Gasteiger partial charge in [0.2, 0.25) is 5.91 Å². The van der Waals surface area contributed by atoms with Crippen LogP contribution >= 0.6 is 22.9 Å². The number of ketones is 1. The lowest BCUT2D eigenvalue weighted by atomic mass is 9.87. The summed E-state index contributed by atoms with van der Waals surface area (Å²) in [4.78, 5) is 50.7. The number of thiophene rings is 1. The van der Waals surface area contributed by atoms with Gasteiger partial charge in [0.25, 0.3) is 5.56 Å². The third-order valence-corrected chi connectivity index (χ3v) is 7.96. The molecule has 0 spiro atoms. The summed E-state index contributed by atoms with van der Waals surface area (Å²) in [6, 6.07) is 1.51. The fraction of sp³-hybridized carbons (Fsp3) is 0.435. The minimum Gasteiger partial charge on any atom is -0.349 e. The summed E-state index contributed by atoms with van der Waals surface area (Å²) in [5, 5.41) is 4.30. The number of carbonyl (C=O) groups is 2. The monoisotopic (exact) mass is 485 g/mol. The predicted molar refractivity (Wildman–Crippen MR) is 129 cm³/mol. The molecule has 4 heterocycles. The van der Waals surface area contributed by atoms with Crippen molar-refractivity contribution >= 4 is 56.4 Å². The molecule has 8 nitrogen and oxygen atoms in total. The maximum Gasteiger partial charge on any atom is 0.275 e. The fourth-order valence-corrected chi connectivity index (χ4v) is 6.54. The largest absolute Gasteiger partial charge is 0.349 e. The van der Waals surface area contributed by atoms with E-state index in [0.717, 1.165) is 33.5 Å². The van der Waals surface area contributed by atoms with E-state index in [0.29, 0.717) is 12.2 Å². The van der Waals surface area contributed by atoms with E-state index >= 15 is 0 Å². The second kappa shape index (κ2) is 7.63. The van der Waals surface area contributed by atoms with Gasteiger partial charge < -0.3 is 10.2 Å². The van der Waals surface area contributed by atoms with Crippen LogP contribution in [0.3, 0.4) is 0 Å². The number of Topliss-reactive ketones (excluding diaryl/α,β-unsaturated/α-hetero) is 1. The first-order valence-electron chi connectivity index (χ1n) is 10.8. The molecule has 0 bridgehead atoms. The van der Waals surface area contributed by atoms with Gasteiger partial charge in [-0.2, -0.15) is 0 Å². The number of rotatable bonds is 3. The summed E-state index contributed by atoms with van der Waals surface area (Å²) in [6.45, 7) is 3.71. The number of nitrogens with one attached hydrogen (secondary N) is 1. The number of fused-ring (bicyclic) bond motifs is 4. The third kappa shape index (κ3) is 3.45. The first-order chi connectivity index (χ1) is 15.6. The number of pyridine rings is 1. The molecular formula is C23H24ClN5O3S. The van der Waals surface area contributed by atoms with Crippen LogP contribution in [0.5, 0.6) is 0 Å². The Balaban J connectivity index is 1.57. The Morgan fingerprint density at radius 2 is 2.06 bits per heavy atom. The van der Waals surface area contributed by atoms with E-state index in [2.05, 4.69) is 15.3 Å². The quantitative estimate of drug-likeness (QED) is 0.606. The smallest absolute Gasteiger partial charge is 0.275 e. The molecule has 33 heavy (non-hydrogen) atoms. The molecule has 0 radical (unpaired) electrons. The average Bonchev–Trinajstić information content (AvgIpc) is 3.24. The third-order valence-electron chi connectivity index (χ3n) is 6.51. The van der Waals surface area contributed by atoms with Crippen molar-refractivity contribution in [1.29, 1.82) is 0 Å². The summed E-state index contributed by atoms with van der Waals surface area (Å²) in [5.41, 5.74) is 0.695. The van der Waals surface area contributed by atoms with Gasteiger partial charge in [-0.25, -0.2) is 9.97 Å². The highest BCUT2D eigenvalue weighted by Crippen LogP contribution is 2.41. The molecule has 0 saturated heterocycles. The Morgan fingerprint density at radius 3 is 2.79 bits per heavy atom. The van der Waals surface area contributed by atoms with Crippen molar-refractivity contribution in [1.82, 2.24) is 19.4 Å². The maximum atomic E-state index is 13.3. The van der Waals surface area contributed by atoms with E-state index < -0.39 is 5.54 Å². The molecule has 1 atom stereocenters. The summed E-state index contributed by atoms with van der Waals surface area (Å²) in [7, 11) is 3.57. The van der Waals surface area contributed by atoms with E-state index in [1.807, 2.05) is 13.8 Å². The van der Waals surface area contributed by atoms with Gasteiger partial charge in [0.1, 0.15) is 28.4 Å². The number of carbonyl (C=O) groups excluding carboxylic acids is 2. The van der Waals surface area contributed by atoms with Gasteiger partial charge >= 0.3 is 0 Å². The van der Waals surface area contributed by atoms with Gasteiger partial charge in [0.15, 0.2) is 5.78 Å². The topological polar surface area (TPSA) is 97.2 Å². The molecule has 172 valence electrons. The van der Waals surface area contributed by atoms with Crippen LogP contribution in [0.15, 0.2) is 17.2 Å². The molecule has 3 aromatic heterocycles. The van der Waals surface area contributed by atoms with Crippen LogP contribution in [-0.4, -0.2) is 45.2 Å². The second-order valence-corrected chi connectivity index (χ2v) is 11.0. The van der Waals surface area contributed by atoms with E-state index in [9.17, 15) is 14.4 Å². The normalized spacial score (nSPS) is 18.8. The van der Waals surface area contributed by atoms with Gasteiger partial charge in [0.05, 0.1) is 15.9 Å². The lowest BCUT2D eigenvalue weighted by Gasteiger charge is -2.24. The molecule has 2 aliphatic rings. The highest BCUT2D eigenvalue weighted by atomic mass is 35.5. The fourth-order valence-electron chi connectivity index (χ4n) is 4.97. The van der Waals surface area contributed by atoms with Crippen molar-refractivity contribution in [3.05, 3.63) is 43.9 Å². The molecule has 1 N–H and O–H groups in total. The van der Waals surface area contributed by atoms with Gasteiger partial charge in [0, 0.05) is 31.3 Å². The first-order valence-corrected chi connectivity index (χ1v) is 12.0. The highest BCUT2D eigenvalue weighted by molar-refractivity contribution is 7.19. The van der Waals surface area contributed by atoms with Crippen LogP contribution in [0.4, 0.5) is 11.5 Å². The van der Waals surface area contributed by atoms with Crippen LogP contribution in [0.2, 0.25) is 5.02 Å². The van der Waals surface area contributed by atoms with Gasteiger partial charge in [-0.3, -0.25) is 19.0 Å². The van der Waals surface area contributed by atoms with Crippen molar-refractivity contribution in [2.24, 2.45) is 5.92 Å². The molecule has 3 aromatic rings. The molecular weight excluding hydrogens is 462 g/mol. The van der Waals surface area contributed by atoms with Gasteiger partial charge in [-0.15, -0.1) is 11.3 Å². The minimum absolute atomic E-state index is 0.0372. The molecule has 5 rings (SSSR count). The second-order valence-electron chi connectivity index (χ2n) is 9.51. The zero-order valence-corrected chi connectivity index (χ0v) is 20.4. The summed E-state index contributed by atoms with van der Waals surface area (Å²) in [5.74, 6) is 0.503. The number of hydrogen-bond donors (Lipinski definition) is 1. The van der Waals surface area contributed by atoms with Crippen LogP contribution in [-0.2, 0) is 23.2 Å². The Hall–Kier alpha value is -2.78. The number of amides is 1. The lowest BCUT2D eigenvalue weighted by Crippen LogP contribution is -2.34. The summed E-state index contributed by atoms with van der Waals surface area (Å²) < 4.78 is 1.49. The highest BCUT2D eigenvalue weighted by Gasteiger charge is 2.39. The van der Waals surface area contributed by atoms with E-state index in [4.69, 9.17) is 11.6 Å². The van der Waals surface area contributed by atoms with Crippen molar-refractivity contribution in [2.75, 3.05) is 19.4 Å². The number of nitrogens with zero attached hydrogens (tertiary/aromatic N) is 4. The van der Waals surface area contributed by atoms with Crippen LogP contribution in [0.25, 0.3) is 10.2 Å². The molecule has 1 aliphatic heterocycles. The number of anilines is 2. The Kier molecular flexibility index (Phi) is 5.10. The number of hydrogen-bond acceptors (Lipinski definition) is 7. The lowest BCUT2D eigenvalue weighted by molar-refractivity contribution is -0.133. The zero-order valence-electron chi connectivity index (χ0n) is 18.9. The van der Waals surface area contributed by atoms with Gasteiger partial charge in [-0.1, -0.05) is 11.6 Å². The van der Waals surface area contributed by atoms with Crippen molar-refractivity contribution in [3.63, 3.8) is 0 Å². The van der Waals surface area contributed by atoms with E-state index in [1.165, 1.54) is 17.0 Å². The predicted octanol–water partition coefficient (Wildman–Crippen LogP) is 3.76. The van der Waals surface area contributed by atoms with Crippen LogP contribution in [0.1, 0.15) is 47.6 Å². The Morgan fingerprint density at radius 1 is 1.30 bits per heavy atom. The Labute approximate surface area is 199 Å². The zero-order chi connectivity index (χ0) is 23.7.